The number of benzene rings is 2. The predicted octanol–water partition coefficient (Wildman–Crippen LogP) is 5.10. The monoisotopic (exact) mass is 533 g/mol. The molecular formula is C22H21BrClN5O2S. The number of aromatic nitrogens is 3. The van der Waals surface area contributed by atoms with Crippen LogP contribution in [0.15, 0.2) is 70.8 Å². The molecule has 10 heteroatoms. The van der Waals surface area contributed by atoms with Gasteiger partial charge in [0.2, 0.25) is 5.91 Å². The van der Waals surface area contributed by atoms with Crippen LogP contribution in [0.5, 0.6) is 0 Å². The van der Waals surface area contributed by atoms with E-state index in [1.807, 2.05) is 35.8 Å². The van der Waals surface area contributed by atoms with Crippen molar-refractivity contribution in [2.75, 3.05) is 11.1 Å². The third-order valence-corrected chi connectivity index (χ3v) is 6.11. The minimum Gasteiger partial charge on any atom is -0.342 e. The van der Waals surface area contributed by atoms with Crippen molar-refractivity contribution in [1.29, 1.82) is 0 Å². The highest BCUT2D eigenvalue weighted by Crippen LogP contribution is 2.22. The van der Waals surface area contributed by atoms with Crippen LogP contribution < -0.4 is 10.6 Å². The van der Waals surface area contributed by atoms with E-state index in [2.05, 4.69) is 43.3 Å². The fraction of sp³-hybridized carbons (Fsp3) is 0.182. The number of hydrogen-bond acceptors (Lipinski definition) is 5. The first kappa shape index (κ1) is 24.0. The summed E-state index contributed by atoms with van der Waals surface area (Å²) in [6, 6.07) is 13.6. The summed E-state index contributed by atoms with van der Waals surface area (Å²) in [6.07, 6.45) is 1.71. The quantitative estimate of drug-likeness (QED) is 0.294. The van der Waals surface area contributed by atoms with Gasteiger partial charge in [0.1, 0.15) is 0 Å². The molecule has 1 heterocycles. The Bertz CT molecular complexity index is 1100. The number of carbonyl (C=O) groups is 2. The van der Waals surface area contributed by atoms with Gasteiger partial charge in [0.15, 0.2) is 11.0 Å². The zero-order valence-corrected chi connectivity index (χ0v) is 20.4. The fourth-order valence-corrected chi connectivity index (χ4v) is 3.98. The lowest BCUT2D eigenvalue weighted by Gasteiger charge is -2.15. The molecule has 0 aliphatic carbocycles. The topological polar surface area (TPSA) is 88.9 Å². The molecule has 0 unspecified atom stereocenters. The van der Waals surface area contributed by atoms with E-state index in [-0.39, 0.29) is 17.6 Å². The zero-order chi connectivity index (χ0) is 23.1. The molecule has 0 saturated carbocycles. The molecule has 166 valence electrons. The number of halogens is 2. The highest BCUT2D eigenvalue weighted by Gasteiger charge is 2.20. The summed E-state index contributed by atoms with van der Waals surface area (Å²) in [5.74, 6) is 0.334. The van der Waals surface area contributed by atoms with Crippen molar-refractivity contribution in [2.24, 2.45) is 0 Å². The molecule has 2 aromatic carbocycles. The highest BCUT2D eigenvalue weighted by atomic mass is 79.9. The van der Waals surface area contributed by atoms with E-state index in [1.54, 1.807) is 30.3 Å². The van der Waals surface area contributed by atoms with E-state index in [0.29, 0.717) is 33.8 Å². The molecule has 1 aromatic heterocycles. The summed E-state index contributed by atoms with van der Waals surface area (Å²) in [5.41, 5.74) is 1.21. The summed E-state index contributed by atoms with van der Waals surface area (Å²) in [5, 5.41) is 15.3. The van der Waals surface area contributed by atoms with Gasteiger partial charge in [-0.1, -0.05) is 45.4 Å². The number of amides is 2. The summed E-state index contributed by atoms with van der Waals surface area (Å²) < 4.78 is 2.77. The average Bonchev–Trinajstić information content (AvgIpc) is 3.17. The molecule has 0 saturated heterocycles. The van der Waals surface area contributed by atoms with Crippen LogP contribution in [-0.4, -0.2) is 32.3 Å². The van der Waals surface area contributed by atoms with Crippen LogP contribution in [0.25, 0.3) is 0 Å². The summed E-state index contributed by atoms with van der Waals surface area (Å²) >= 11 is 10.5. The minimum atomic E-state index is -0.406. The Morgan fingerprint density at radius 3 is 2.53 bits per heavy atom. The lowest BCUT2D eigenvalue weighted by molar-refractivity contribution is -0.113. The maximum Gasteiger partial charge on any atom is 0.251 e. The predicted molar refractivity (Wildman–Crippen MR) is 131 cm³/mol. The van der Waals surface area contributed by atoms with Gasteiger partial charge in [0.05, 0.1) is 11.8 Å². The number of nitrogens with one attached hydrogen (secondary N) is 2. The molecule has 2 N–H and O–H groups in total. The molecule has 3 aromatic rings. The molecule has 32 heavy (non-hydrogen) atoms. The molecule has 7 nitrogen and oxygen atoms in total. The van der Waals surface area contributed by atoms with E-state index in [4.69, 9.17) is 11.6 Å². The van der Waals surface area contributed by atoms with Gasteiger partial charge in [-0.05, 0) is 55.5 Å². The summed E-state index contributed by atoms with van der Waals surface area (Å²) in [4.78, 5) is 24.9. The van der Waals surface area contributed by atoms with Crippen molar-refractivity contribution in [2.45, 2.75) is 24.7 Å². The van der Waals surface area contributed by atoms with Crippen LogP contribution >= 0.6 is 39.3 Å². The molecule has 0 aliphatic rings. The molecule has 3 rings (SSSR count). The Balaban J connectivity index is 1.65. The maximum atomic E-state index is 12.5. The number of allylic oxidation sites excluding steroid dienone is 1. The second-order valence-electron chi connectivity index (χ2n) is 6.79. The normalized spacial score (nSPS) is 11.6. The third-order valence-electron chi connectivity index (χ3n) is 4.36. The van der Waals surface area contributed by atoms with Gasteiger partial charge >= 0.3 is 0 Å². The number of nitrogens with zero attached hydrogens (tertiary/aromatic N) is 3. The zero-order valence-electron chi connectivity index (χ0n) is 17.2. The second-order valence-corrected chi connectivity index (χ2v) is 9.08. The van der Waals surface area contributed by atoms with Crippen molar-refractivity contribution in [3.63, 3.8) is 0 Å². The minimum absolute atomic E-state index is 0.156. The van der Waals surface area contributed by atoms with E-state index >= 15 is 0 Å². The average molecular weight is 535 g/mol. The van der Waals surface area contributed by atoms with Gasteiger partial charge < -0.3 is 15.2 Å². The Morgan fingerprint density at radius 2 is 1.88 bits per heavy atom. The summed E-state index contributed by atoms with van der Waals surface area (Å²) in [6.45, 7) is 6.05. The van der Waals surface area contributed by atoms with Gasteiger partial charge in [-0.15, -0.1) is 16.8 Å². The molecule has 1 atom stereocenters. The number of hydrogen-bond donors (Lipinski definition) is 2. The third kappa shape index (κ3) is 6.44. The van der Waals surface area contributed by atoms with E-state index in [1.165, 1.54) is 11.8 Å². The Kier molecular flexibility index (Phi) is 8.49. The fourth-order valence-electron chi connectivity index (χ4n) is 2.83. The van der Waals surface area contributed by atoms with Crippen LogP contribution in [0.3, 0.4) is 0 Å². The molecule has 0 aliphatic heterocycles. The van der Waals surface area contributed by atoms with Crippen molar-refractivity contribution in [1.82, 2.24) is 20.1 Å². The SMILES string of the molecule is C=CCn1c(SCC(=O)Nc2ccc(Br)cc2)nnc1[C@@H](C)NC(=O)c1ccc(Cl)cc1. The Labute approximate surface area is 203 Å². The van der Waals surface area contributed by atoms with Gasteiger partial charge in [-0.2, -0.15) is 0 Å². The molecule has 0 spiro atoms. The van der Waals surface area contributed by atoms with Gasteiger partial charge in [0.25, 0.3) is 5.91 Å². The number of carbonyl (C=O) groups excluding carboxylic acids is 2. The Morgan fingerprint density at radius 1 is 1.19 bits per heavy atom. The Hall–Kier alpha value is -2.62. The van der Waals surface area contributed by atoms with Crippen LogP contribution in [0.4, 0.5) is 5.69 Å². The van der Waals surface area contributed by atoms with Crippen LogP contribution in [0, 0.1) is 0 Å². The standard InChI is InChI=1S/C22H21BrClN5O2S/c1-3-12-29-20(14(2)25-21(31)15-4-8-17(24)9-5-15)27-28-22(29)32-13-19(30)26-18-10-6-16(23)7-11-18/h3-11,14H,1,12-13H2,2H3,(H,25,31)(H,26,30)/t14-/m1/s1. The van der Waals surface area contributed by atoms with Gasteiger partial charge in [-0.3, -0.25) is 9.59 Å². The van der Waals surface area contributed by atoms with E-state index in [9.17, 15) is 9.59 Å². The van der Waals surface area contributed by atoms with Crippen LogP contribution in [-0.2, 0) is 11.3 Å². The first-order valence-corrected chi connectivity index (χ1v) is 11.8. The largest absolute Gasteiger partial charge is 0.342 e. The maximum absolute atomic E-state index is 12.5. The second kappa shape index (κ2) is 11.3. The number of rotatable bonds is 9. The van der Waals surface area contributed by atoms with Crippen molar-refractivity contribution in [3.05, 3.63) is 82.1 Å². The smallest absolute Gasteiger partial charge is 0.251 e. The number of thioether (sulfide) groups is 1. The van der Waals surface area contributed by atoms with Crippen molar-refractivity contribution in [3.8, 4) is 0 Å². The molecule has 0 fully saturated rings. The molecule has 0 radical (unpaired) electrons. The van der Waals surface area contributed by atoms with E-state index in [0.717, 1.165) is 4.47 Å². The molecule has 2 amide bonds. The van der Waals surface area contributed by atoms with Crippen LogP contribution in [0.1, 0.15) is 29.1 Å². The van der Waals surface area contributed by atoms with Crippen molar-refractivity contribution < 1.29 is 9.59 Å². The van der Waals surface area contributed by atoms with Crippen molar-refractivity contribution >= 4 is 56.8 Å². The number of anilines is 1. The lowest BCUT2D eigenvalue weighted by Crippen LogP contribution is -2.28. The first-order chi connectivity index (χ1) is 15.4. The highest BCUT2D eigenvalue weighted by molar-refractivity contribution is 9.10. The first-order valence-electron chi connectivity index (χ1n) is 9.66. The molecular weight excluding hydrogens is 514 g/mol. The lowest BCUT2D eigenvalue weighted by atomic mass is 10.2. The molecule has 0 bridgehead atoms. The van der Waals surface area contributed by atoms with Crippen LogP contribution in [0.2, 0.25) is 5.02 Å². The van der Waals surface area contributed by atoms with E-state index < -0.39 is 6.04 Å². The summed E-state index contributed by atoms with van der Waals surface area (Å²) in [7, 11) is 0. The van der Waals surface area contributed by atoms with Gasteiger partial charge in [-0.25, -0.2) is 0 Å². The van der Waals surface area contributed by atoms with Gasteiger partial charge in [0, 0.05) is 27.3 Å².